The van der Waals surface area contributed by atoms with Gasteiger partial charge >= 0.3 is 0 Å². The zero-order valence-corrected chi connectivity index (χ0v) is 45.2. The number of nitrogens with one attached hydrogen (secondary N) is 2. The fraction of sp³-hybridized carbons (Fsp3) is 0.467. The third-order valence-electron chi connectivity index (χ3n) is 14.1. The quantitative estimate of drug-likeness (QED) is 0.0959. The minimum absolute atomic E-state index is 0.124. The number of nitrogens with zero attached hydrogens (tertiary/aromatic N) is 6. The summed E-state index contributed by atoms with van der Waals surface area (Å²) in [6.45, 7) is 35.3. The van der Waals surface area contributed by atoms with Crippen molar-refractivity contribution in [3.05, 3.63) is 72.8 Å². The molecule has 12 nitrogen and oxygen atoms in total. The Morgan fingerprint density at radius 2 is 0.528 bits per heavy atom. The Hall–Kier alpha value is -6.56. The molecule has 0 amide bonds. The molecule has 12 heteroatoms. The summed E-state index contributed by atoms with van der Waals surface area (Å²) in [5.74, 6) is 5.06. The highest BCUT2D eigenvalue weighted by Gasteiger charge is 2.38. The normalized spacial score (nSPS) is 12.8. The lowest BCUT2D eigenvalue weighted by Crippen LogP contribution is -2.34. The average molecular weight is 971 g/mol. The van der Waals surface area contributed by atoms with Gasteiger partial charge in [0.2, 0.25) is 11.5 Å². The lowest BCUT2D eigenvalue weighted by molar-refractivity contribution is 0.0543. The number of hydrogen-bond acceptors (Lipinski definition) is 10. The first kappa shape index (κ1) is 50.4. The monoisotopic (exact) mass is 971 g/mol. The molecule has 0 radical (unpaired) electrons. The Balaban J connectivity index is 1.57. The Bertz CT molecular complexity index is 3050. The van der Waals surface area contributed by atoms with E-state index in [1.807, 2.05) is 60.7 Å². The van der Waals surface area contributed by atoms with Crippen LogP contribution in [0.25, 0.3) is 89.7 Å². The molecule has 7 aromatic rings. The van der Waals surface area contributed by atoms with Crippen molar-refractivity contribution < 1.29 is 18.9 Å². The molecular formula is C60H74N8O4. The number of hydrogen-bond donors (Lipinski definition) is 2. The van der Waals surface area contributed by atoms with Crippen LogP contribution < -0.4 is 18.9 Å². The lowest BCUT2D eigenvalue weighted by Gasteiger charge is -2.35. The van der Waals surface area contributed by atoms with E-state index >= 15 is 0 Å². The van der Waals surface area contributed by atoms with Crippen molar-refractivity contribution in [2.24, 2.45) is 47.3 Å². The molecule has 4 aromatic carbocycles. The molecule has 0 spiro atoms. The lowest BCUT2D eigenvalue weighted by atomic mass is 9.94. The van der Waals surface area contributed by atoms with Crippen LogP contribution in [-0.4, -0.2) is 64.3 Å². The molecule has 0 saturated carbocycles. The van der Waals surface area contributed by atoms with Crippen molar-refractivity contribution >= 4 is 44.1 Å². The van der Waals surface area contributed by atoms with Gasteiger partial charge < -0.3 is 28.9 Å². The van der Waals surface area contributed by atoms with Crippen LogP contribution in [0, 0.1) is 47.3 Å². The highest BCUT2D eigenvalue weighted by molar-refractivity contribution is 6.14. The van der Waals surface area contributed by atoms with Crippen LogP contribution in [0.5, 0.6) is 23.0 Å². The van der Waals surface area contributed by atoms with E-state index in [-0.39, 0.29) is 71.8 Å². The minimum atomic E-state index is -0.241. The average Bonchev–Trinajstić information content (AvgIpc) is 4.06. The molecule has 2 aliphatic heterocycles. The molecule has 72 heavy (non-hydrogen) atoms. The van der Waals surface area contributed by atoms with Crippen molar-refractivity contribution in [3.8, 4) is 68.5 Å². The molecule has 378 valence electrons. The van der Waals surface area contributed by atoms with Crippen LogP contribution in [0.4, 0.5) is 0 Å². The van der Waals surface area contributed by atoms with Crippen molar-refractivity contribution in [3.63, 3.8) is 0 Å². The van der Waals surface area contributed by atoms with Gasteiger partial charge in [0.1, 0.15) is 47.0 Å². The summed E-state index contributed by atoms with van der Waals surface area (Å²) in [5.41, 5.74) is 5.60. The number of benzene rings is 4. The number of ether oxygens (including phenoxy) is 4. The van der Waals surface area contributed by atoms with Crippen molar-refractivity contribution in [2.75, 3.05) is 0 Å². The SMILES string of the molecule is CC(C)C(Oc1c(OC(C(C)C)C(C)C)c(OC(C(C)C)C(C)C)c2c3nc4nc(nc5[nH]c(nc6nc(nc([nH]3)c2c1OC(C(C)C)C(C)C)-c1ccccc1-6)c1ccccc51)-c1ccccc1-4)C(C)C. The molecule has 2 aliphatic rings. The fourth-order valence-electron chi connectivity index (χ4n) is 10.9. The Kier molecular flexibility index (Phi) is 14.1. The first-order valence-electron chi connectivity index (χ1n) is 26.3. The number of aromatic nitrogens is 8. The predicted molar refractivity (Wildman–Crippen MR) is 292 cm³/mol. The van der Waals surface area contributed by atoms with E-state index in [2.05, 4.69) is 133 Å². The second-order valence-corrected chi connectivity index (χ2v) is 22.6. The topological polar surface area (TPSA) is 146 Å². The maximum Gasteiger partial charge on any atom is 0.208 e. The zero-order valence-electron chi connectivity index (χ0n) is 45.2. The summed E-state index contributed by atoms with van der Waals surface area (Å²) >= 11 is 0. The van der Waals surface area contributed by atoms with Crippen LogP contribution in [0.1, 0.15) is 111 Å². The van der Waals surface area contributed by atoms with E-state index in [0.29, 0.717) is 79.7 Å². The van der Waals surface area contributed by atoms with Crippen molar-refractivity contribution in [1.82, 2.24) is 39.9 Å². The van der Waals surface area contributed by atoms with Gasteiger partial charge in [-0.2, -0.15) is 0 Å². The van der Waals surface area contributed by atoms with Gasteiger partial charge in [0.15, 0.2) is 34.8 Å². The summed E-state index contributed by atoms with van der Waals surface area (Å²) in [6.07, 6.45) is -0.938. The maximum absolute atomic E-state index is 7.61. The second kappa shape index (κ2) is 20.2. The molecule has 3 aromatic heterocycles. The number of fused-ring (bicyclic) bond motifs is 20. The third-order valence-corrected chi connectivity index (χ3v) is 14.1. The number of rotatable bonds is 16. The molecule has 9 rings (SSSR count). The Morgan fingerprint density at radius 1 is 0.292 bits per heavy atom. The van der Waals surface area contributed by atoms with Crippen molar-refractivity contribution in [1.29, 1.82) is 0 Å². The summed E-state index contributed by atoms with van der Waals surface area (Å²) in [4.78, 5) is 39.5. The number of H-pyrrole nitrogens is 2. The summed E-state index contributed by atoms with van der Waals surface area (Å²) < 4.78 is 30.4. The molecule has 2 N–H and O–H groups in total. The third kappa shape index (κ3) is 9.37. The predicted octanol–water partition coefficient (Wildman–Crippen LogP) is 15.1. The molecule has 0 saturated heterocycles. The van der Waals surface area contributed by atoms with E-state index in [0.717, 1.165) is 33.0 Å². The first-order valence-corrected chi connectivity index (χ1v) is 26.3. The van der Waals surface area contributed by atoms with Crippen LogP contribution >= 0.6 is 0 Å². The molecule has 0 fully saturated rings. The van der Waals surface area contributed by atoms with Gasteiger partial charge in [-0.25, -0.2) is 29.9 Å². The maximum atomic E-state index is 7.61. The van der Waals surface area contributed by atoms with E-state index in [1.165, 1.54) is 0 Å². The van der Waals surface area contributed by atoms with Crippen LogP contribution in [0.3, 0.4) is 0 Å². The van der Waals surface area contributed by atoms with Crippen LogP contribution in [0.2, 0.25) is 0 Å². The minimum Gasteiger partial charge on any atom is -0.485 e. The van der Waals surface area contributed by atoms with E-state index < -0.39 is 0 Å². The Morgan fingerprint density at radius 3 is 0.806 bits per heavy atom. The molecule has 0 unspecified atom stereocenters. The van der Waals surface area contributed by atoms with Crippen LogP contribution in [-0.2, 0) is 0 Å². The second-order valence-electron chi connectivity index (χ2n) is 22.6. The van der Waals surface area contributed by atoms with Gasteiger partial charge in [0.05, 0.1) is 10.8 Å². The largest absolute Gasteiger partial charge is 0.485 e. The molecule has 8 bridgehead atoms. The molecule has 0 aliphatic carbocycles. The highest BCUT2D eigenvalue weighted by Crippen LogP contribution is 2.56. The Labute approximate surface area is 425 Å². The summed E-state index contributed by atoms with van der Waals surface area (Å²) in [7, 11) is 0. The highest BCUT2D eigenvalue weighted by atomic mass is 16.6. The first-order chi connectivity index (χ1) is 34.3. The van der Waals surface area contributed by atoms with Crippen molar-refractivity contribution in [2.45, 2.75) is 135 Å². The van der Waals surface area contributed by atoms with Gasteiger partial charge in [-0.05, 0) is 47.3 Å². The van der Waals surface area contributed by atoms with Gasteiger partial charge in [0, 0.05) is 33.0 Å². The van der Waals surface area contributed by atoms with Crippen LogP contribution in [0.15, 0.2) is 72.8 Å². The molecule has 0 atom stereocenters. The van der Waals surface area contributed by atoms with Gasteiger partial charge in [0.25, 0.3) is 0 Å². The van der Waals surface area contributed by atoms with E-state index in [9.17, 15) is 0 Å². The molecule has 5 heterocycles. The fourth-order valence-corrected chi connectivity index (χ4v) is 10.9. The zero-order chi connectivity index (χ0) is 51.4. The van der Waals surface area contributed by atoms with Gasteiger partial charge in [-0.1, -0.05) is 184 Å². The van der Waals surface area contributed by atoms with E-state index in [4.69, 9.17) is 48.9 Å². The summed E-state index contributed by atoms with van der Waals surface area (Å²) in [5, 5.41) is 3.12. The van der Waals surface area contributed by atoms with Gasteiger partial charge in [-0.15, -0.1) is 0 Å². The standard InChI is InChI=1S/C60H74N8O4/c1-29(2)45(30(3)4)69-49-43-44(50(70-46(31(5)6)32(7)8)52(72-48(35(13)14)36(15)16)51(49)71-47(33(9)10)34(11)12)60-67-58-42-28-22-20-26-40(42)56(65-58)63-54-38-24-18-17-23-37(38)53(61-54)62-55-39-25-19-21-27-41(39)57(64-55)66-59(43)68-60/h17-36,45-48H,1-16H3,(H2,61,62,63,64,65,66,67,68). The molecular weight excluding hydrogens is 897 g/mol. The summed E-state index contributed by atoms with van der Waals surface area (Å²) in [6, 6.07) is 24.3. The van der Waals surface area contributed by atoms with E-state index in [1.54, 1.807) is 0 Å². The number of aromatic amines is 2. The smallest absolute Gasteiger partial charge is 0.208 e. The van der Waals surface area contributed by atoms with Gasteiger partial charge in [-0.3, -0.25) is 0 Å².